The number of likely N-dealkylation sites (tertiary alicyclic amines) is 1. The number of aliphatic imine (C=N–C) groups is 1. The molecule has 0 bridgehead atoms. The molecule has 4 atom stereocenters. The first kappa shape index (κ1) is 32.5. The van der Waals surface area contributed by atoms with E-state index in [2.05, 4.69) is 15.3 Å². The number of nitrogens with zero attached hydrogens (tertiary/aromatic N) is 3. The van der Waals surface area contributed by atoms with Gasteiger partial charge in [-0.1, -0.05) is 12.2 Å². The van der Waals surface area contributed by atoms with Gasteiger partial charge in [0, 0.05) is 29.9 Å². The number of nitrogens with one attached hydrogen (secondary N) is 2. The molecule has 14 heteroatoms. The van der Waals surface area contributed by atoms with Crippen LogP contribution in [-0.4, -0.2) is 79.9 Å². The van der Waals surface area contributed by atoms with Crippen molar-refractivity contribution in [1.82, 2.24) is 15.2 Å². The van der Waals surface area contributed by atoms with Crippen LogP contribution in [0.15, 0.2) is 17.3 Å². The highest BCUT2D eigenvalue weighted by Gasteiger charge is 2.38. The number of carbonyl (C=O) groups is 2. The summed E-state index contributed by atoms with van der Waals surface area (Å²) in [5.41, 5.74) is -2.50. The number of halogens is 5. The molecule has 0 radical (unpaired) electrons. The molecule has 1 aliphatic heterocycles. The van der Waals surface area contributed by atoms with Crippen LogP contribution >= 0.6 is 12.2 Å². The van der Waals surface area contributed by atoms with Gasteiger partial charge < -0.3 is 20.6 Å². The van der Waals surface area contributed by atoms with Crippen LogP contribution in [0, 0.1) is 0 Å². The Balaban J connectivity index is 2.50. The van der Waals surface area contributed by atoms with Gasteiger partial charge in [-0.2, -0.15) is 13.2 Å². The zero-order chi connectivity index (χ0) is 29.9. The summed E-state index contributed by atoms with van der Waals surface area (Å²) in [6.45, 7) is 8.89. The number of aliphatic hydroxyl groups is 1. The lowest BCUT2D eigenvalue weighted by atomic mass is 10.00. The molecule has 39 heavy (non-hydrogen) atoms. The molecule has 2 amide bonds. The number of thiocarbonyl (C=S) groups is 1. The first-order valence-corrected chi connectivity index (χ1v) is 12.8. The van der Waals surface area contributed by atoms with Crippen molar-refractivity contribution in [3.63, 3.8) is 0 Å². The van der Waals surface area contributed by atoms with Crippen molar-refractivity contribution >= 4 is 40.4 Å². The summed E-state index contributed by atoms with van der Waals surface area (Å²) >= 11 is 5.44. The second kappa shape index (κ2) is 12.6. The molecule has 1 aromatic heterocycles. The van der Waals surface area contributed by atoms with E-state index in [9.17, 15) is 36.6 Å². The monoisotopic (exact) mass is 579 g/mol. The van der Waals surface area contributed by atoms with Crippen molar-refractivity contribution in [2.45, 2.75) is 96.8 Å². The van der Waals surface area contributed by atoms with Crippen molar-refractivity contribution in [2.75, 3.05) is 11.9 Å². The molecule has 1 unspecified atom stereocenters. The average Bonchev–Trinajstić information content (AvgIpc) is 3.25. The van der Waals surface area contributed by atoms with Crippen LogP contribution in [0.1, 0.15) is 71.9 Å². The van der Waals surface area contributed by atoms with E-state index >= 15 is 0 Å². The largest absolute Gasteiger partial charge is 0.408 e. The van der Waals surface area contributed by atoms with Gasteiger partial charge in [0.1, 0.15) is 11.9 Å². The predicted molar refractivity (Wildman–Crippen MR) is 141 cm³/mol. The molecule has 2 rings (SSSR count). The van der Waals surface area contributed by atoms with Crippen molar-refractivity contribution in [3.05, 3.63) is 23.4 Å². The van der Waals surface area contributed by atoms with Gasteiger partial charge in [-0.3, -0.25) is 14.6 Å². The van der Waals surface area contributed by atoms with Crippen LogP contribution in [0.25, 0.3) is 0 Å². The van der Waals surface area contributed by atoms with E-state index in [1.165, 1.54) is 25.7 Å². The number of hydrogen-bond acceptors (Lipinski definition) is 7. The minimum atomic E-state index is -4.64. The van der Waals surface area contributed by atoms with Crippen molar-refractivity contribution < 1.29 is 36.6 Å². The van der Waals surface area contributed by atoms with Crippen LogP contribution in [0.3, 0.4) is 0 Å². The van der Waals surface area contributed by atoms with Gasteiger partial charge in [0.15, 0.2) is 6.04 Å². The fourth-order valence-electron chi connectivity index (χ4n) is 3.76. The summed E-state index contributed by atoms with van der Waals surface area (Å²) in [5, 5.41) is 14.7. The van der Waals surface area contributed by atoms with E-state index in [4.69, 9.17) is 12.2 Å². The molecule has 0 aliphatic carbocycles. The smallest absolute Gasteiger partial charge is 0.388 e. The Hall–Kier alpha value is -2.74. The topological polar surface area (TPSA) is 107 Å². The number of rotatable bonds is 10. The fourth-order valence-corrected chi connectivity index (χ4v) is 4.09. The van der Waals surface area contributed by atoms with Crippen molar-refractivity contribution in [3.8, 4) is 0 Å². The standard InChI is InChI=1S/C25H34F5N5O3S/c1-12-8-7-9-35(12)23(37)19(32-13(2)22(36)34-14(3)24(5,6)38)20(39)17-11-31-18(10-16(17)21(26)27)33-15(4)25(28,29)30/h10-12,14-15,19,21,38H,7-9H2,1-6H3,(H,31,33)(H,34,36)/t12-,14-,15-,19?/m0/s1. The molecular formula is C25H34F5N5O3S. The van der Waals surface area contributed by atoms with Crippen LogP contribution < -0.4 is 10.6 Å². The Morgan fingerprint density at radius 1 is 1.23 bits per heavy atom. The van der Waals surface area contributed by atoms with Gasteiger partial charge in [-0.15, -0.1) is 0 Å². The number of hydrogen-bond donors (Lipinski definition) is 3. The highest BCUT2D eigenvalue weighted by Crippen LogP contribution is 2.30. The molecule has 8 nitrogen and oxygen atoms in total. The summed E-state index contributed by atoms with van der Waals surface area (Å²) in [4.78, 5) is 35.5. The molecule has 0 saturated carbocycles. The quantitative estimate of drug-likeness (QED) is 0.166. The summed E-state index contributed by atoms with van der Waals surface area (Å²) in [6.07, 6.45) is -5.51. The summed E-state index contributed by atoms with van der Waals surface area (Å²) < 4.78 is 66.9. The maximum Gasteiger partial charge on any atom is 0.408 e. The van der Waals surface area contributed by atoms with Gasteiger partial charge in [-0.25, -0.2) is 13.8 Å². The van der Waals surface area contributed by atoms with Crippen LogP contribution in [-0.2, 0) is 9.59 Å². The molecule has 3 N–H and O–H groups in total. The maximum absolute atomic E-state index is 14.1. The number of carbonyl (C=O) groups excluding carboxylic acids is 2. The molecule has 0 aromatic carbocycles. The van der Waals surface area contributed by atoms with E-state index in [1.54, 1.807) is 6.92 Å². The molecule has 1 aliphatic rings. The minimum absolute atomic E-state index is 0.175. The minimum Gasteiger partial charge on any atom is -0.388 e. The summed E-state index contributed by atoms with van der Waals surface area (Å²) in [6, 6.07) is -3.72. The fraction of sp³-hybridized carbons (Fsp3) is 0.640. The molecule has 1 saturated heterocycles. The third-order valence-corrected chi connectivity index (χ3v) is 7.11. The highest BCUT2D eigenvalue weighted by atomic mass is 32.1. The number of alkyl halides is 5. The zero-order valence-corrected chi connectivity index (χ0v) is 23.4. The molecule has 2 heterocycles. The van der Waals surface area contributed by atoms with Gasteiger partial charge in [0.05, 0.1) is 22.2 Å². The number of amides is 2. The van der Waals surface area contributed by atoms with Crippen molar-refractivity contribution in [1.29, 1.82) is 0 Å². The van der Waals surface area contributed by atoms with E-state index in [0.29, 0.717) is 19.4 Å². The Bertz CT molecular complexity index is 1110. The SMILES string of the molecule is CC(=NC(C(=O)N1CCC[C@@H]1C)C(=S)c1cnc(N[C@@H](C)C(F)(F)F)cc1C(F)F)C(=O)N[C@@H](C)C(C)(C)O. The Morgan fingerprint density at radius 3 is 2.33 bits per heavy atom. The van der Waals surface area contributed by atoms with Crippen LogP contribution in [0.4, 0.5) is 27.8 Å². The summed E-state index contributed by atoms with van der Waals surface area (Å²) in [7, 11) is 0. The highest BCUT2D eigenvalue weighted by molar-refractivity contribution is 7.81. The lowest BCUT2D eigenvalue weighted by molar-refractivity contribution is -0.138. The van der Waals surface area contributed by atoms with E-state index in [-0.39, 0.29) is 22.2 Å². The molecular weight excluding hydrogens is 545 g/mol. The second-order valence-electron chi connectivity index (χ2n) is 10.2. The Kier molecular flexibility index (Phi) is 10.5. The lowest BCUT2D eigenvalue weighted by Crippen LogP contribution is -2.49. The van der Waals surface area contributed by atoms with Gasteiger partial charge in [0.2, 0.25) is 0 Å². The van der Waals surface area contributed by atoms with Gasteiger partial charge in [0.25, 0.3) is 18.2 Å². The number of pyridine rings is 1. The van der Waals surface area contributed by atoms with Crippen LogP contribution in [0.5, 0.6) is 0 Å². The first-order valence-electron chi connectivity index (χ1n) is 12.4. The lowest BCUT2D eigenvalue weighted by Gasteiger charge is -2.28. The van der Waals surface area contributed by atoms with Crippen molar-refractivity contribution in [2.24, 2.45) is 4.99 Å². The molecule has 218 valence electrons. The Labute approximate surface area is 229 Å². The third kappa shape index (κ3) is 8.37. The Morgan fingerprint density at radius 2 is 1.85 bits per heavy atom. The molecule has 1 fully saturated rings. The molecule has 0 spiro atoms. The second-order valence-corrected chi connectivity index (χ2v) is 10.7. The number of aromatic nitrogens is 1. The molecule has 1 aromatic rings. The van der Waals surface area contributed by atoms with Gasteiger partial charge >= 0.3 is 6.18 Å². The number of anilines is 1. The van der Waals surface area contributed by atoms with E-state index < -0.39 is 59.5 Å². The predicted octanol–water partition coefficient (Wildman–Crippen LogP) is 4.22. The zero-order valence-electron chi connectivity index (χ0n) is 22.6. The van der Waals surface area contributed by atoms with Gasteiger partial charge in [-0.05, 0) is 60.5 Å². The normalized spacial score (nSPS) is 19.1. The average molecular weight is 580 g/mol. The van der Waals surface area contributed by atoms with E-state index in [1.807, 2.05) is 12.2 Å². The third-order valence-electron chi connectivity index (χ3n) is 6.67. The van der Waals surface area contributed by atoms with Crippen LogP contribution in [0.2, 0.25) is 0 Å². The first-order chi connectivity index (χ1) is 17.8. The summed E-state index contributed by atoms with van der Waals surface area (Å²) in [5.74, 6) is -1.74. The van der Waals surface area contributed by atoms with E-state index in [0.717, 1.165) is 19.2 Å². The maximum atomic E-state index is 14.1.